The number of rotatable bonds is 66. The minimum absolute atomic E-state index is 0.103. The molecule has 87 heavy (non-hydrogen) atoms. The van der Waals surface area contributed by atoms with Gasteiger partial charge in [0.15, 0.2) is 12.2 Å². The fraction of sp³-hybridized carbons (Fsp3) is 0.941. The normalized spacial score (nSPS) is 14.3. The summed E-state index contributed by atoms with van der Waals surface area (Å²) in [5.74, 6) is 0.0580. The molecule has 3 N–H and O–H groups in total. The van der Waals surface area contributed by atoms with Gasteiger partial charge in [-0.25, -0.2) is 9.13 Å². The number of carbonyl (C=O) groups excluding carboxylic acids is 4. The zero-order chi connectivity index (χ0) is 64.5. The molecule has 0 aromatic heterocycles. The largest absolute Gasteiger partial charge is 0.472 e. The Kier molecular flexibility index (Phi) is 57.8. The highest BCUT2D eigenvalue weighted by molar-refractivity contribution is 7.47. The van der Waals surface area contributed by atoms with Gasteiger partial charge in [-0.2, -0.15) is 0 Å². The third kappa shape index (κ3) is 62.6. The fourth-order valence-corrected chi connectivity index (χ4v) is 11.8. The van der Waals surface area contributed by atoms with Crippen LogP contribution in [0.15, 0.2) is 0 Å². The number of carbonyl (C=O) groups is 4. The van der Waals surface area contributed by atoms with Gasteiger partial charge in [0.1, 0.15) is 19.3 Å². The molecule has 0 bridgehead atoms. The Bertz CT molecular complexity index is 1720. The van der Waals surface area contributed by atoms with Crippen LogP contribution in [0.25, 0.3) is 0 Å². The lowest BCUT2D eigenvalue weighted by Gasteiger charge is -2.21. The standard InChI is InChI=1S/C68H132O17P2/c1-8-9-10-11-12-13-14-17-20-28-35-42-49-65(70)78-55-63(84-67(72)51-44-37-29-21-18-15-16-19-25-32-39-46-59(2)3)57-82-86(74,75)80-53-62(69)54-81-87(76,77)83-58-64(56-79-66(71)50-43-36-31-24-27-34-41-48-61(6)7)85-68(73)52-45-38-30-23-22-26-33-40-47-60(4)5/h59-64,69H,8-58H2,1-7H3,(H,74,75)(H,76,77)/t62-,63-,64-/m1/s1. The molecule has 0 fully saturated rings. The monoisotopic (exact) mass is 1280 g/mol. The molecule has 0 amide bonds. The minimum atomic E-state index is -4.95. The van der Waals surface area contributed by atoms with Crippen molar-refractivity contribution in [3.05, 3.63) is 0 Å². The zero-order valence-electron chi connectivity index (χ0n) is 56.5. The quantitative estimate of drug-likeness (QED) is 0.0222. The van der Waals surface area contributed by atoms with Crippen molar-refractivity contribution in [3.8, 4) is 0 Å². The van der Waals surface area contributed by atoms with Gasteiger partial charge in [0.2, 0.25) is 0 Å². The maximum Gasteiger partial charge on any atom is 0.472 e. The molecule has 0 aromatic carbocycles. The summed E-state index contributed by atoms with van der Waals surface area (Å²) in [4.78, 5) is 72.4. The summed E-state index contributed by atoms with van der Waals surface area (Å²) in [5, 5.41) is 10.6. The summed E-state index contributed by atoms with van der Waals surface area (Å²) in [6, 6.07) is 0. The van der Waals surface area contributed by atoms with E-state index in [9.17, 15) is 43.2 Å². The number of hydrogen-bond acceptors (Lipinski definition) is 15. The van der Waals surface area contributed by atoms with Crippen molar-refractivity contribution in [2.75, 3.05) is 39.6 Å². The van der Waals surface area contributed by atoms with Crippen LogP contribution in [0.4, 0.5) is 0 Å². The SMILES string of the molecule is CCCCCCCCCCCCCCC(=O)OC[C@H](COP(=O)(O)OC[C@@H](O)COP(=O)(O)OC[C@@H](COC(=O)CCCCCCCCCC(C)C)OC(=O)CCCCCCCCCCC(C)C)OC(=O)CCCCCCCCCCCCCC(C)C. The van der Waals surface area contributed by atoms with Crippen molar-refractivity contribution in [1.29, 1.82) is 0 Å². The molecule has 0 aliphatic carbocycles. The molecule has 2 unspecified atom stereocenters. The first-order chi connectivity index (χ1) is 41.7. The lowest BCUT2D eigenvalue weighted by Crippen LogP contribution is -2.30. The van der Waals surface area contributed by atoms with Crippen LogP contribution in [0.3, 0.4) is 0 Å². The van der Waals surface area contributed by atoms with Gasteiger partial charge in [0, 0.05) is 25.7 Å². The van der Waals surface area contributed by atoms with E-state index in [1.807, 2.05) is 0 Å². The Morgan fingerprint density at radius 3 is 0.782 bits per heavy atom. The highest BCUT2D eigenvalue weighted by Crippen LogP contribution is 2.45. The molecule has 0 saturated carbocycles. The van der Waals surface area contributed by atoms with E-state index < -0.39 is 97.5 Å². The number of phosphoric acid groups is 2. The lowest BCUT2D eigenvalue weighted by molar-refractivity contribution is -0.161. The maximum absolute atomic E-state index is 13.0. The Balaban J connectivity index is 5.25. The second-order valence-corrected chi connectivity index (χ2v) is 28.9. The van der Waals surface area contributed by atoms with Crippen LogP contribution in [0.1, 0.15) is 337 Å². The fourth-order valence-electron chi connectivity index (χ4n) is 10.2. The predicted molar refractivity (Wildman–Crippen MR) is 349 cm³/mol. The summed E-state index contributed by atoms with van der Waals surface area (Å²) in [6.07, 6.45) is 41.7. The molecule has 19 heteroatoms. The molecule has 0 radical (unpaired) electrons. The number of esters is 4. The van der Waals surface area contributed by atoms with Crippen molar-refractivity contribution >= 4 is 39.5 Å². The van der Waals surface area contributed by atoms with Gasteiger partial charge in [-0.05, 0) is 43.4 Å². The van der Waals surface area contributed by atoms with Gasteiger partial charge in [0.25, 0.3) is 0 Å². The Hall–Kier alpha value is -1.94. The molecule has 0 heterocycles. The molecule has 0 aliphatic heterocycles. The molecule has 0 rings (SSSR count). The van der Waals surface area contributed by atoms with Crippen LogP contribution in [-0.2, 0) is 65.4 Å². The van der Waals surface area contributed by atoms with Gasteiger partial charge in [0.05, 0.1) is 26.4 Å². The number of ether oxygens (including phenoxy) is 4. The Morgan fingerprint density at radius 1 is 0.310 bits per heavy atom. The highest BCUT2D eigenvalue weighted by Gasteiger charge is 2.30. The molecule has 0 saturated heterocycles. The predicted octanol–water partition coefficient (Wildman–Crippen LogP) is 19.1. The second kappa shape index (κ2) is 59.1. The van der Waals surface area contributed by atoms with Crippen molar-refractivity contribution in [1.82, 2.24) is 0 Å². The highest BCUT2D eigenvalue weighted by atomic mass is 31.2. The van der Waals surface area contributed by atoms with Crippen LogP contribution in [-0.4, -0.2) is 96.7 Å². The number of unbranched alkanes of at least 4 members (excludes halogenated alkanes) is 34. The molecular weight excluding hydrogens is 1150 g/mol. The van der Waals surface area contributed by atoms with E-state index in [1.54, 1.807) is 0 Å². The van der Waals surface area contributed by atoms with E-state index in [-0.39, 0.29) is 25.7 Å². The van der Waals surface area contributed by atoms with E-state index in [0.717, 1.165) is 108 Å². The van der Waals surface area contributed by atoms with Crippen molar-refractivity contribution in [3.63, 3.8) is 0 Å². The zero-order valence-corrected chi connectivity index (χ0v) is 58.3. The first-order valence-corrected chi connectivity index (χ1v) is 38.3. The number of hydrogen-bond donors (Lipinski definition) is 3. The summed E-state index contributed by atoms with van der Waals surface area (Å²) in [5.41, 5.74) is 0. The summed E-state index contributed by atoms with van der Waals surface area (Å²) in [7, 11) is -9.90. The second-order valence-electron chi connectivity index (χ2n) is 26.0. The smallest absolute Gasteiger partial charge is 0.462 e. The van der Waals surface area contributed by atoms with Crippen LogP contribution >= 0.6 is 15.6 Å². The Morgan fingerprint density at radius 2 is 0.529 bits per heavy atom. The van der Waals surface area contributed by atoms with E-state index in [4.69, 9.17) is 37.0 Å². The molecule has 5 atom stereocenters. The first-order valence-electron chi connectivity index (χ1n) is 35.3. The van der Waals surface area contributed by atoms with Crippen LogP contribution in [0, 0.1) is 17.8 Å². The maximum atomic E-state index is 13.0. The topological polar surface area (TPSA) is 237 Å². The third-order valence-corrected chi connectivity index (χ3v) is 17.5. The van der Waals surface area contributed by atoms with Gasteiger partial charge in [-0.1, -0.05) is 286 Å². The van der Waals surface area contributed by atoms with Gasteiger partial charge in [-0.15, -0.1) is 0 Å². The van der Waals surface area contributed by atoms with E-state index >= 15 is 0 Å². The van der Waals surface area contributed by atoms with Gasteiger partial charge >= 0.3 is 39.5 Å². The Labute approximate surface area is 530 Å². The summed E-state index contributed by atoms with van der Waals surface area (Å²) < 4.78 is 68.2. The molecule has 0 aliphatic rings. The third-order valence-electron chi connectivity index (χ3n) is 15.6. The van der Waals surface area contributed by atoms with Crippen LogP contribution in [0.2, 0.25) is 0 Å². The molecule has 17 nitrogen and oxygen atoms in total. The van der Waals surface area contributed by atoms with Crippen LogP contribution < -0.4 is 0 Å². The van der Waals surface area contributed by atoms with E-state index in [0.29, 0.717) is 31.6 Å². The van der Waals surface area contributed by atoms with E-state index in [2.05, 4.69) is 48.5 Å². The first kappa shape index (κ1) is 85.1. The average Bonchev–Trinajstić information content (AvgIpc) is 3.50. The van der Waals surface area contributed by atoms with Crippen LogP contribution in [0.5, 0.6) is 0 Å². The molecule has 0 spiro atoms. The molecular formula is C68H132O17P2. The summed E-state index contributed by atoms with van der Waals surface area (Å²) >= 11 is 0. The number of phosphoric ester groups is 2. The van der Waals surface area contributed by atoms with E-state index in [1.165, 1.54) is 141 Å². The number of aliphatic hydroxyl groups is 1. The number of aliphatic hydroxyl groups excluding tert-OH is 1. The van der Waals surface area contributed by atoms with Crippen molar-refractivity contribution in [2.24, 2.45) is 17.8 Å². The van der Waals surface area contributed by atoms with Gasteiger partial charge in [-0.3, -0.25) is 37.3 Å². The van der Waals surface area contributed by atoms with Crippen molar-refractivity contribution in [2.45, 2.75) is 356 Å². The molecule has 0 aromatic rings. The van der Waals surface area contributed by atoms with Crippen molar-refractivity contribution < 1.29 is 80.2 Å². The minimum Gasteiger partial charge on any atom is -0.462 e. The lowest BCUT2D eigenvalue weighted by atomic mass is 10.0. The average molecular weight is 1280 g/mol. The summed E-state index contributed by atoms with van der Waals surface area (Å²) in [6.45, 7) is 11.7. The van der Waals surface area contributed by atoms with Gasteiger partial charge < -0.3 is 33.8 Å². The molecule has 516 valence electrons.